The fourth-order valence-electron chi connectivity index (χ4n) is 1.23. The Bertz CT molecular complexity index is 368. The molecule has 0 aromatic carbocycles. The van der Waals surface area contributed by atoms with Gasteiger partial charge in [-0.1, -0.05) is 0 Å². The number of hydrogen-bond donors (Lipinski definition) is 3. The van der Waals surface area contributed by atoms with E-state index in [1.807, 2.05) is 0 Å². The van der Waals surface area contributed by atoms with E-state index in [-0.39, 0.29) is 17.9 Å². The van der Waals surface area contributed by atoms with Crippen molar-refractivity contribution >= 4 is 23.7 Å². The van der Waals surface area contributed by atoms with Gasteiger partial charge < -0.3 is 5.32 Å². The molecule has 3 amide bonds. The van der Waals surface area contributed by atoms with Gasteiger partial charge in [0.2, 0.25) is 11.9 Å². The van der Waals surface area contributed by atoms with Crippen LogP contribution >= 0.6 is 0 Å². The maximum atomic E-state index is 11.5. The highest BCUT2D eigenvalue weighted by atomic mass is 16.2. The van der Waals surface area contributed by atoms with Crippen LogP contribution in [0.15, 0.2) is 4.99 Å². The van der Waals surface area contributed by atoms with Crippen molar-refractivity contribution in [2.45, 2.75) is 31.8 Å². The highest BCUT2D eigenvalue weighted by molar-refractivity contribution is 6.45. The molecule has 16 heavy (non-hydrogen) atoms. The summed E-state index contributed by atoms with van der Waals surface area (Å²) in [6.07, 6.45) is 2.00. The lowest BCUT2D eigenvalue weighted by atomic mass is 10.3. The maximum Gasteiger partial charge on any atom is 0.316 e. The smallest absolute Gasteiger partial charge is 0.316 e. The largest absolute Gasteiger partial charge is 0.352 e. The third kappa shape index (κ3) is 2.36. The van der Waals surface area contributed by atoms with E-state index in [2.05, 4.69) is 20.9 Å². The summed E-state index contributed by atoms with van der Waals surface area (Å²) in [5.74, 6) is -1.68. The summed E-state index contributed by atoms with van der Waals surface area (Å²) in [4.78, 5) is 37.0. The Morgan fingerprint density at radius 3 is 2.44 bits per heavy atom. The first-order valence-electron chi connectivity index (χ1n) is 5.07. The van der Waals surface area contributed by atoms with Gasteiger partial charge in [-0.15, -0.1) is 0 Å². The Hall–Kier alpha value is -1.92. The quantitative estimate of drug-likeness (QED) is 0.496. The number of rotatable bonds is 3. The van der Waals surface area contributed by atoms with Crippen molar-refractivity contribution in [1.82, 2.24) is 16.0 Å². The first-order chi connectivity index (χ1) is 7.56. The minimum absolute atomic E-state index is 0.0356. The van der Waals surface area contributed by atoms with Crippen LogP contribution in [0.1, 0.15) is 19.8 Å². The molecule has 86 valence electrons. The molecule has 1 aliphatic carbocycles. The molecule has 0 bridgehead atoms. The summed E-state index contributed by atoms with van der Waals surface area (Å²) in [5, 5.41) is 7.24. The maximum absolute atomic E-state index is 11.5. The van der Waals surface area contributed by atoms with Gasteiger partial charge in [-0.05, 0) is 19.8 Å². The van der Waals surface area contributed by atoms with E-state index in [1.165, 1.54) is 0 Å². The Labute approximate surface area is 91.7 Å². The number of amides is 3. The van der Waals surface area contributed by atoms with Crippen LogP contribution < -0.4 is 16.0 Å². The molecule has 1 saturated heterocycles. The summed E-state index contributed by atoms with van der Waals surface area (Å²) in [6.45, 7) is 1.60. The van der Waals surface area contributed by atoms with Crippen LogP contribution in [0, 0.1) is 0 Å². The molecular weight excluding hydrogens is 212 g/mol. The predicted molar refractivity (Wildman–Crippen MR) is 54.3 cm³/mol. The highest BCUT2D eigenvalue weighted by Crippen LogP contribution is 2.18. The van der Waals surface area contributed by atoms with Crippen molar-refractivity contribution < 1.29 is 14.4 Å². The van der Waals surface area contributed by atoms with Crippen LogP contribution in [0.3, 0.4) is 0 Å². The van der Waals surface area contributed by atoms with Crippen LogP contribution in [0.2, 0.25) is 0 Å². The first-order valence-corrected chi connectivity index (χ1v) is 5.07. The molecule has 0 spiro atoms. The van der Waals surface area contributed by atoms with E-state index in [1.54, 1.807) is 6.92 Å². The monoisotopic (exact) mass is 224 g/mol. The van der Waals surface area contributed by atoms with Crippen LogP contribution in [0.4, 0.5) is 0 Å². The second-order valence-corrected chi connectivity index (χ2v) is 3.84. The molecular formula is C9H12N4O3. The van der Waals surface area contributed by atoms with E-state index in [4.69, 9.17) is 0 Å². The number of hydrogen-bond acceptors (Lipinski definition) is 4. The predicted octanol–water partition coefficient (Wildman–Crippen LogP) is -1.74. The Kier molecular flexibility index (Phi) is 2.59. The zero-order valence-corrected chi connectivity index (χ0v) is 8.74. The lowest BCUT2D eigenvalue weighted by molar-refractivity contribution is -0.135. The SMILES string of the molecule is CC(N=C1NC(=O)C(=O)N1)C(=O)NC1CC1. The van der Waals surface area contributed by atoms with Gasteiger partial charge >= 0.3 is 11.8 Å². The second kappa shape index (κ2) is 3.92. The van der Waals surface area contributed by atoms with Crippen molar-refractivity contribution in [1.29, 1.82) is 0 Å². The third-order valence-corrected chi connectivity index (χ3v) is 2.30. The third-order valence-electron chi connectivity index (χ3n) is 2.30. The molecule has 2 rings (SSSR count). The molecule has 1 saturated carbocycles. The Morgan fingerprint density at radius 1 is 1.38 bits per heavy atom. The summed E-state index contributed by atoms with van der Waals surface area (Å²) in [5.41, 5.74) is 0. The zero-order valence-electron chi connectivity index (χ0n) is 8.74. The van der Waals surface area contributed by atoms with Crippen molar-refractivity contribution in [3.63, 3.8) is 0 Å². The van der Waals surface area contributed by atoms with Gasteiger partial charge in [0.25, 0.3) is 0 Å². The van der Waals surface area contributed by atoms with Crippen LogP contribution in [0.5, 0.6) is 0 Å². The van der Waals surface area contributed by atoms with E-state index >= 15 is 0 Å². The average Bonchev–Trinajstić information content (AvgIpc) is 2.95. The molecule has 1 aliphatic heterocycles. The zero-order chi connectivity index (χ0) is 11.7. The normalized spacial score (nSPS) is 21.2. The van der Waals surface area contributed by atoms with E-state index in [9.17, 15) is 14.4 Å². The molecule has 0 aromatic rings. The first kappa shape index (κ1) is 10.6. The van der Waals surface area contributed by atoms with Gasteiger partial charge in [0.1, 0.15) is 6.04 Å². The Balaban J connectivity index is 1.92. The molecule has 1 heterocycles. The van der Waals surface area contributed by atoms with Gasteiger partial charge in [-0.3, -0.25) is 25.0 Å². The van der Waals surface area contributed by atoms with Gasteiger partial charge in [0.05, 0.1) is 0 Å². The minimum Gasteiger partial charge on any atom is -0.352 e. The topological polar surface area (TPSA) is 99.7 Å². The molecule has 2 aliphatic rings. The molecule has 3 N–H and O–H groups in total. The van der Waals surface area contributed by atoms with Crippen LogP contribution in [0.25, 0.3) is 0 Å². The molecule has 7 heteroatoms. The fourth-order valence-corrected chi connectivity index (χ4v) is 1.23. The van der Waals surface area contributed by atoms with Gasteiger partial charge in [0.15, 0.2) is 0 Å². The van der Waals surface area contributed by atoms with Gasteiger partial charge in [-0.2, -0.15) is 0 Å². The molecule has 0 radical (unpaired) electrons. The van der Waals surface area contributed by atoms with Crippen molar-refractivity contribution in [3.8, 4) is 0 Å². The highest BCUT2D eigenvalue weighted by Gasteiger charge is 2.28. The number of aliphatic imine (C=N–C) groups is 1. The minimum atomic E-state index is -0.756. The summed E-state index contributed by atoms with van der Waals surface area (Å²) in [6, 6.07) is -0.364. The number of guanidine groups is 1. The second-order valence-electron chi connectivity index (χ2n) is 3.84. The molecule has 1 unspecified atom stereocenters. The summed E-state index contributed by atoms with van der Waals surface area (Å²) >= 11 is 0. The molecule has 7 nitrogen and oxygen atoms in total. The van der Waals surface area contributed by atoms with E-state index < -0.39 is 17.9 Å². The summed E-state index contributed by atoms with van der Waals surface area (Å²) in [7, 11) is 0. The fraction of sp³-hybridized carbons (Fsp3) is 0.556. The van der Waals surface area contributed by atoms with E-state index in [0.717, 1.165) is 12.8 Å². The number of carbonyl (C=O) groups is 3. The van der Waals surface area contributed by atoms with Crippen molar-refractivity contribution in [2.75, 3.05) is 0 Å². The number of nitrogens with zero attached hydrogens (tertiary/aromatic N) is 1. The molecule has 2 fully saturated rings. The lowest BCUT2D eigenvalue weighted by Crippen LogP contribution is -2.36. The van der Waals surface area contributed by atoms with Crippen molar-refractivity contribution in [2.24, 2.45) is 4.99 Å². The summed E-state index contributed by atoms with van der Waals surface area (Å²) < 4.78 is 0. The van der Waals surface area contributed by atoms with E-state index in [0.29, 0.717) is 0 Å². The van der Waals surface area contributed by atoms with Crippen LogP contribution in [-0.4, -0.2) is 35.8 Å². The van der Waals surface area contributed by atoms with Gasteiger partial charge in [0, 0.05) is 6.04 Å². The average molecular weight is 224 g/mol. The molecule has 0 aromatic heterocycles. The van der Waals surface area contributed by atoms with Crippen LogP contribution in [-0.2, 0) is 14.4 Å². The Morgan fingerprint density at radius 2 is 1.94 bits per heavy atom. The van der Waals surface area contributed by atoms with Crippen molar-refractivity contribution in [3.05, 3.63) is 0 Å². The van der Waals surface area contributed by atoms with Gasteiger partial charge in [-0.25, -0.2) is 4.99 Å². The number of nitrogens with one attached hydrogen (secondary N) is 3. The lowest BCUT2D eigenvalue weighted by Gasteiger charge is -2.07. The molecule has 1 atom stereocenters. The standard InChI is InChI=1S/C9H12N4O3/c1-4(6(14)11-5-2-3-5)10-9-12-7(15)8(16)13-9/h4-5H,2-3H2,1H3,(H,11,14)(H2,10,12,13,15,16). The number of carbonyl (C=O) groups excluding carboxylic acids is 3.